The molecular weight excluding hydrogens is 535 g/mol. The molecule has 1 aliphatic heterocycles. The van der Waals surface area contributed by atoms with Crippen LogP contribution in [0.1, 0.15) is 49.7 Å². The van der Waals surface area contributed by atoms with Crippen LogP contribution in [0.5, 0.6) is 0 Å². The van der Waals surface area contributed by atoms with Crippen LogP contribution in [0, 0.1) is 0 Å². The number of benzene rings is 2. The van der Waals surface area contributed by atoms with Crippen molar-refractivity contribution >= 4 is 57.4 Å². The molecular formula is C26H25Cl3N6O2. The minimum atomic E-state index is -0.288. The molecule has 1 fully saturated rings. The molecule has 4 aromatic rings. The summed E-state index contributed by atoms with van der Waals surface area (Å²) in [5.41, 5.74) is 2.70. The summed E-state index contributed by atoms with van der Waals surface area (Å²) in [4.78, 5) is 33.2. The summed E-state index contributed by atoms with van der Waals surface area (Å²) < 4.78 is 1.51. The van der Waals surface area contributed by atoms with Crippen molar-refractivity contribution in [2.24, 2.45) is 0 Å². The number of aromatic nitrogens is 4. The quantitative estimate of drug-likeness (QED) is 0.290. The van der Waals surface area contributed by atoms with Gasteiger partial charge in [0.25, 0.3) is 5.56 Å². The predicted octanol–water partition coefficient (Wildman–Crippen LogP) is 5.47. The Morgan fingerprint density at radius 3 is 2.49 bits per heavy atom. The molecule has 1 amide bonds. The number of nitrogens with one attached hydrogen (secondary N) is 3. The maximum Gasteiger partial charge on any atom is 0.262 e. The molecule has 8 nitrogen and oxygen atoms in total. The van der Waals surface area contributed by atoms with Crippen LogP contribution in [-0.4, -0.2) is 38.2 Å². The Hall–Kier alpha value is -2.91. The molecule has 3 heterocycles. The van der Waals surface area contributed by atoms with Crippen LogP contribution in [0.15, 0.2) is 41.2 Å². The SMILES string of the molecule is CC(C)c1nn(-c2c(Cl)cc(Cl)cc2Cl)c2nc(Cc3ccc(NC(=O)[C@@H]4CCCN4)cc3)[nH]c(=O)c12. The number of halogens is 3. The van der Waals surface area contributed by atoms with E-state index in [-0.39, 0.29) is 23.4 Å². The number of anilines is 1. The van der Waals surface area contributed by atoms with Crippen LogP contribution >= 0.6 is 34.8 Å². The molecule has 0 aliphatic carbocycles. The normalized spacial score (nSPS) is 15.6. The van der Waals surface area contributed by atoms with E-state index in [1.807, 2.05) is 38.1 Å². The fourth-order valence-electron chi connectivity index (χ4n) is 4.51. The number of nitrogens with zero attached hydrogens (tertiary/aromatic N) is 3. The van der Waals surface area contributed by atoms with Crippen molar-refractivity contribution in [3.8, 4) is 5.69 Å². The average Bonchev–Trinajstić information content (AvgIpc) is 3.49. The summed E-state index contributed by atoms with van der Waals surface area (Å²) in [5.74, 6) is 0.391. The molecule has 0 saturated carbocycles. The summed E-state index contributed by atoms with van der Waals surface area (Å²) in [6.45, 7) is 4.77. The van der Waals surface area contributed by atoms with Crippen LogP contribution in [0.2, 0.25) is 15.1 Å². The first kappa shape index (κ1) is 25.7. The molecule has 11 heteroatoms. The summed E-state index contributed by atoms with van der Waals surface area (Å²) in [7, 11) is 0. The van der Waals surface area contributed by atoms with Crippen molar-refractivity contribution in [2.45, 2.75) is 45.1 Å². The van der Waals surface area contributed by atoms with E-state index >= 15 is 0 Å². The highest BCUT2D eigenvalue weighted by Gasteiger charge is 2.24. The molecule has 2 aromatic carbocycles. The third-order valence-corrected chi connectivity index (χ3v) is 7.12. The van der Waals surface area contributed by atoms with Gasteiger partial charge < -0.3 is 15.6 Å². The maximum atomic E-state index is 13.2. The van der Waals surface area contributed by atoms with Crippen molar-refractivity contribution < 1.29 is 4.79 Å². The number of H-pyrrole nitrogens is 1. The predicted molar refractivity (Wildman–Crippen MR) is 148 cm³/mol. The molecule has 5 rings (SSSR count). The average molecular weight is 560 g/mol. The second-order valence-corrected chi connectivity index (χ2v) is 10.6. The van der Waals surface area contributed by atoms with Crippen molar-refractivity contribution in [3.05, 3.63) is 78.9 Å². The van der Waals surface area contributed by atoms with Gasteiger partial charge in [0.05, 0.1) is 21.8 Å². The van der Waals surface area contributed by atoms with Crippen molar-refractivity contribution in [1.29, 1.82) is 0 Å². The summed E-state index contributed by atoms with van der Waals surface area (Å²) in [6.07, 6.45) is 2.21. The molecule has 0 radical (unpaired) electrons. The van der Waals surface area contributed by atoms with Crippen LogP contribution in [0.3, 0.4) is 0 Å². The standard InChI is InChI=1S/C26H25Cl3N6O2/c1-13(2)22-21-24(35(34-22)23-17(28)11-15(27)12-18(23)29)32-20(33-26(21)37)10-14-5-7-16(8-6-14)31-25(36)19-4-3-9-30-19/h5-8,11-13,19,30H,3-4,9-10H2,1-2H3,(H,31,36)(H,32,33,37)/t19-/m0/s1. The highest BCUT2D eigenvalue weighted by molar-refractivity contribution is 6.40. The fourth-order valence-corrected chi connectivity index (χ4v) is 5.49. The minimum absolute atomic E-state index is 0.0320. The van der Waals surface area contributed by atoms with Gasteiger partial charge in [0.2, 0.25) is 5.91 Å². The van der Waals surface area contributed by atoms with Crippen LogP contribution < -0.4 is 16.2 Å². The third-order valence-electron chi connectivity index (χ3n) is 6.32. The van der Waals surface area contributed by atoms with E-state index in [1.54, 1.807) is 12.1 Å². The molecule has 3 N–H and O–H groups in total. The van der Waals surface area contributed by atoms with Gasteiger partial charge in [0, 0.05) is 17.1 Å². The largest absolute Gasteiger partial charge is 0.325 e. The van der Waals surface area contributed by atoms with E-state index in [9.17, 15) is 9.59 Å². The second-order valence-electron chi connectivity index (χ2n) is 9.39. The van der Waals surface area contributed by atoms with Crippen LogP contribution in [0.4, 0.5) is 5.69 Å². The number of hydrogen-bond donors (Lipinski definition) is 3. The number of rotatable bonds is 6. The molecule has 1 aliphatic rings. The molecule has 0 bridgehead atoms. The Morgan fingerprint density at radius 1 is 1.16 bits per heavy atom. The second kappa shape index (κ2) is 10.5. The van der Waals surface area contributed by atoms with Gasteiger partial charge >= 0.3 is 0 Å². The lowest BCUT2D eigenvalue weighted by Gasteiger charge is -2.11. The van der Waals surface area contributed by atoms with E-state index in [1.165, 1.54) is 4.68 Å². The van der Waals surface area contributed by atoms with Crippen molar-refractivity contribution in [1.82, 2.24) is 25.1 Å². The van der Waals surface area contributed by atoms with Crippen molar-refractivity contribution in [2.75, 3.05) is 11.9 Å². The molecule has 0 spiro atoms. The van der Waals surface area contributed by atoms with Crippen LogP contribution in [0.25, 0.3) is 16.7 Å². The molecule has 192 valence electrons. The Balaban J connectivity index is 1.48. The van der Waals surface area contributed by atoms with Gasteiger partial charge in [-0.3, -0.25) is 9.59 Å². The molecule has 2 aromatic heterocycles. The lowest BCUT2D eigenvalue weighted by molar-refractivity contribution is -0.117. The van der Waals surface area contributed by atoms with Gasteiger partial charge in [0.1, 0.15) is 16.9 Å². The van der Waals surface area contributed by atoms with E-state index in [0.29, 0.717) is 55.4 Å². The molecule has 1 atom stereocenters. The molecule has 1 saturated heterocycles. The first-order valence-electron chi connectivity index (χ1n) is 12.0. The van der Waals surface area contributed by atoms with Gasteiger partial charge in [0.15, 0.2) is 5.65 Å². The lowest BCUT2D eigenvalue weighted by Crippen LogP contribution is -2.35. The Morgan fingerprint density at radius 2 is 1.86 bits per heavy atom. The highest BCUT2D eigenvalue weighted by Crippen LogP contribution is 2.34. The number of fused-ring (bicyclic) bond motifs is 1. The monoisotopic (exact) mass is 558 g/mol. The minimum Gasteiger partial charge on any atom is -0.325 e. The van der Waals surface area contributed by atoms with E-state index in [4.69, 9.17) is 39.8 Å². The molecule has 37 heavy (non-hydrogen) atoms. The number of amides is 1. The summed E-state index contributed by atoms with van der Waals surface area (Å²) >= 11 is 19.1. The van der Waals surface area contributed by atoms with Crippen molar-refractivity contribution in [3.63, 3.8) is 0 Å². The van der Waals surface area contributed by atoms with Gasteiger partial charge in [-0.25, -0.2) is 9.67 Å². The summed E-state index contributed by atoms with van der Waals surface area (Å²) in [5, 5.41) is 12.2. The van der Waals surface area contributed by atoms with E-state index in [0.717, 1.165) is 24.9 Å². The first-order valence-corrected chi connectivity index (χ1v) is 13.1. The number of carbonyl (C=O) groups excluding carboxylic acids is 1. The zero-order valence-corrected chi connectivity index (χ0v) is 22.5. The molecule has 0 unspecified atom stereocenters. The van der Waals surface area contributed by atoms with Gasteiger partial charge in [-0.15, -0.1) is 0 Å². The maximum absolute atomic E-state index is 13.2. The third kappa shape index (κ3) is 5.25. The first-order chi connectivity index (χ1) is 17.7. The van der Waals surface area contributed by atoms with Gasteiger partial charge in [-0.05, 0) is 55.1 Å². The van der Waals surface area contributed by atoms with E-state index < -0.39 is 0 Å². The zero-order chi connectivity index (χ0) is 26.3. The number of aromatic amines is 1. The number of carbonyl (C=O) groups is 1. The smallest absolute Gasteiger partial charge is 0.262 e. The lowest BCUT2D eigenvalue weighted by atomic mass is 10.1. The summed E-state index contributed by atoms with van der Waals surface area (Å²) in [6, 6.07) is 10.5. The van der Waals surface area contributed by atoms with E-state index in [2.05, 4.69) is 20.7 Å². The highest BCUT2D eigenvalue weighted by atomic mass is 35.5. The topological polar surface area (TPSA) is 105 Å². The van der Waals surface area contributed by atoms with Crippen LogP contribution in [-0.2, 0) is 11.2 Å². The number of hydrogen-bond acceptors (Lipinski definition) is 5. The Bertz CT molecular complexity index is 1520. The Kier molecular flexibility index (Phi) is 7.27. The zero-order valence-electron chi connectivity index (χ0n) is 20.2. The van der Waals surface area contributed by atoms with Gasteiger partial charge in [-0.1, -0.05) is 60.8 Å². The van der Waals surface area contributed by atoms with Gasteiger partial charge in [-0.2, -0.15) is 5.10 Å². The fraction of sp³-hybridized carbons (Fsp3) is 0.308. The Labute approximate surface area is 228 Å².